The Morgan fingerprint density at radius 3 is 2.39 bits per heavy atom. The Balaban J connectivity index is 1.94. The molecule has 0 heterocycles. The predicted molar refractivity (Wildman–Crippen MR) is 92.0 cm³/mol. The van der Waals surface area contributed by atoms with Crippen LogP contribution < -0.4 is 10.6 Å². The van der Waals surface area contributed by atoms with Gasteiger partial charge in [0.2, 0.25) is 5.91 Å². The second kappa shape index (κ2) is 7.81. The molecule has 1 fully saturated rings. The first-order valence-electron chi connectivity index (χ1n) is 8.20. The van der Waals surface area contributed by atoms with E-state index in [2.05, 4.69) is 16.7 Å². The van der Waals surface area contributed by atoms with Crippen molar-refractivity contribution < 1.29 is 4.79 Å². The number of halogens is 1. The summed E-state index contributed by atoms with van der Waals surface area (Å²) in [6.45, 7) is 3.84. The summed E-state index contributed by atoms with van der Waals surface area (Å²) < 4.78 is 0. The number of carbonyl (C=O) groups excluding carboxylic acids is 1. The highest BCUT2D eigenvalue weighted by atomic mass is 35.5. The van der Waals surface area contributed by atoms with Crippen LogP contribution in [0.1, 0.15) is 57.6 Å². The van der Waals surface area contributed by atoms with Gasteiger partial charge in [0.15, 0.2) is 0 Å². The first-order chi connectivity index (χ1) is 11.0. The monoisotopic (exact) mass is 333 g/mol. The molecule has 0 radical (unpaired) electrons. The minimum Gasteiger partial charge on any atom is -0.336 e. The lowest BCUT2D eigenvalue weighted by molar-refractivity contribution is -0.124. The molecule has 1 amide bonds. The van der Waals surface area contributed by atoms with E-state index in [4.69, 9.17) is 11.6 Å². The summed E-state index contributed by atoms with van der Waals surface area (Å²) in [5, 5.41) is 16.4. The van der Waals surface area contributed by atoms with Crippen LogP contribution in [0.4, 0.5) is 0 Å². The highest BCUT2D eigenvalue weighted by molar-refractivity contribution is 6.30. The molecule has 0 aromatic heterocycles. The van der Waals surface area contributed by atoms with Gasteiger partial charge in [-0.05, 0) is 44.4 Å². The summed E-state index contributed by atoms with van der Waals surface area (Å²) in [4.78, 5) is 12.5. The molecule has 0 spiro atoms. The largest absolute Gasteiger partial charge is 0.336 e. The highest BCUT2D eigenvalue weighted by Crippen LogP contribution is 2.27. The molecule has 4 nitrogen and oxygen atoms in total. The fourth-order valence-electron chi connectivity index (χ4n) is 3.06. The second-order valence-corrected chi connectivity index (χ2v) is 6.84. The van der Waals surface area contributed by atoms with Crippen LogP contribution in [0.2, 0.25) is 5.02 Å². The van der Waals surface area contributed by atoms with E-state index in [0.29, 0.717) is 5.02 Å². The molecule has 1 aliphatic carbocycles. The van der Waals surface area contributed by atoms with Crippen molar-refractivity contribution in [1.29, 1.82) is 5.26 Å². The van der Waals surface area contributed by atoms with Crippen molar-refractivity contribution in [2.24, 2.45) is 0 Å². The number of carbonyl (C=O) groups is 1. The van der Waals surface area contributed by atoms with Crippen LogP contribution in [0.3, 0.4) is 0 Å². The number of hydrogen-bond acceptors (Lipinski definition) is 3. The maximum absolute atomic E-state index is 12.5. The first-order valence-corrected chi connectivity index (χ1v) is 8.58. The van der Waals surface area contributed by atoms with Crippen molar-refractivity contribution >= 4 is 17.5 Å². The molecule has 0 aliphatic heterocycles. The zero-order valence-electron chi connectivity index (χ0n) is 13.7. The topological polar surface area (TPSA) is 64.9 Å². The van der Waals surface area contributed by atoms with Gasteiger partial charge in [-0.25, -0.2) is 0 Å². The summed E-state index contributed by atoms with van der Waals surface area (Å²) >= 11 is 5.90. The molecule has 0 saturated heterocycles. The Kier molecular flexibility index (Phi) is 6.04. The van der Waals surface area contributed by atoms with Gasteiger partial charge < -0.3 is 5.32 Å². The van der Waals surface area contributed by atoms with Crippen molar-refractivity contribution in [1.82, 2.24) is 10.6 Å². The van der Waals surface area contributed by atoms with Crippen LogP contribution in [0.5, 0.6) is 0 Å². The van der Waals surface area contributed by atoms with Gasteiger partial charge in [0.25, 0.3) is 0 Å². The number of rotatable bonds is 5. The summed E-state index contributed by atoms with van der Waals surface area (Å²) in [5.74, 6) is -0.116. The molecule has 0 bridgehead atoms. The van der Waals surface area contributed by atoms with Crippen LogP contribution in [0, 0.1) is 11.3 Å². The van der Waals surface area contributed by atoms with Gasteiger partial charge in [-0.1, -0.05) is 43.0 Å². The number of amides is 1. The molecule has 1 aromatic rings. The summed E-state index contributed by atoms with van der Waals surface area (Å²) in [6, 6.07) is 9.55. The van der Waals surface area contributed by atoms with Crippen LogP contribution in [-0.2, 0) is 4.79 Å². The molecule has 124 valence electrons. The second-order valence-electron chi connectivity index (χ2n) is 6.41. The van der Waals surface area contributed by atoms with Crippen molar-refractivity contribution in [2.45, 2.75) is 63.6 Å². The highest BCUT2D eigenvalue weighted by Gasteiger charge is 2.34. The van der Waals surface area contributed by atoms with E-state index in [1.165, 1.54) is 0 Å². The molecule has 1 aromatic carbocycles. The van der Waals surface area contributed by atoms with Gasteiger partial charge >= 0.3 is 0 Å². The van der Waals surface area contributed by atoms with Crippen molar-refractivity contribution in [2.75, 3.05) is 0 Å². The minimum atomic E-state index is -0.686. The molecular weight excluding hydrogens is 310 g/mol. The van der Waals surface area contributed by atoms with E-state index in [-0.39, 0.29) is 18.0 Å². The van der Waals surface area contributed by atoms with Gasteiger partial charge in [0.05, 0.1) is 12.1 Å². The average molecular weight is 334 g/mol. The fraction of sp³-hybridized carbons (Fsp3) is 0.556. The third-order valence-corrected chi connectivity index (χ3v) is 4.80. The van der Waals surface area contributed by atoms with Crippen LogP contribution in [-0.4, -0.2) is 17.5 Å². The van der Waals surface area contributed by atoms with E-state index in [1.807, 2.05) is 38.1 Å². The van der Waals surface area contributed by atoms with E-state index in [0.717, 1.165) is 37.7 Å². The Morgan fingerprint density at radius 2 is 1.83 bits per heavy atom. The third-order valence-electron chi connectivity index (χ3n) is 4.55. The SMILES string of the molecule is C[C@H](N[C@H](C)C(=O)NC1(C#N)CCCCC1)c1ccc(Cl)cc1. The number of benzene rings is 1. The predicted octanol–water partition coefficient (Wildman–Crippen LogP) is 3.72. The van der Waals surface area contributed by atoms with Gasteiger partial charge in [0.1, 0.15) is 5.54 Å². The smallest absolute Gasteiger partial charge is 0.238 e. The number of nitriles is 1. The van der Waals surface area contributed by atoms with Crippen LogP contribution >= 0.6 is 11.6 Å². The average Bonchev–Trinajstić information content (AvgIpc) is 2.56. The lowest BCUT2D eigenvalue weighted by atomic mass is 9.82. The third kappa shape index (κ3) is 4.70. The lowest BCUT2D eigenvalue weighted by Gasteiger charge is -2.33. The number of nitrogens with one attached hydrogen (secondary N) is 2. The van der Waals surface area contributed by atoms with E-state index < -0.39 is 5.54 Å². The summed E-state index contributed by atoms with van der Waals surface area (Å²) in [7, 11) is 0. The van der Waals surface area contributed by atoms with Crippen molar-refractivity contribution in [3.8, 4) is 6.07 Å². The molecular formula is C18H24ClN3O. The molecule has 2 atom stereocenters. The lowest BCUT2D eigenvalue weighted by Crippen LogP contribution is -2.54. The zero-order chi connectivity index (χ0) is 16.9. The Bertz CT molecular complexity index is 573. The fourth-order valence-corrected chi connectivity index (χ4v) is 3.19. The maximum atomic E-state index is 12.5. The summed E-state index contributed by atoms with van der Waals surface area (Å²) in [6.07, 6.45) is 4.62. The molecule has 0 unspecified atom stereocenters. The Morgan fingerprint density at radius 1 is 1.22 bits per heavy atom. The normalized spacial score (nSPS) is 19.4. The van der Waals surface area contributed by atoms with Crippen LogP contribution in [0.15, 0.2) is 24.3 Å². The van der Waals surface area contributed by atoms with Crippen molar-refractivity contribution in [3.63, 3.8) is 0 Å². The van der Waals surface area contributed by atoms with Gasteiger partial charge in [-0.2, -0.15) is 5.26 Å². The van der Waals surface area contributed by atoms with E-state index in [9.17, 15) is 10.1 Å². The van der Waals surface area contributed by atoms with Gasteiger partial charge in [0, 0.05) is 11.1 Å². The molecule has 1 saturated carbocycles. The Labute approximate surface area is 143 Å². The van der Waals surface area contributed by atoms with Gasteiger partial charge in [-0.3, -0.25) is 10.1 Å². The molecule has 2 rings (SSSR count). The zero-order valence-corrected chi connectivity index (χ0v) is 14.5. The number of nitrogens with zero attached hydrogens (tertiary/aromatic N) is 1. The standard InChI is InChI=1S/C18H24ClN3O/c1-13(15-6-8-16(19)9-7-15)21-14(2)17(23)22-18(12-20)10-4-3-5-11-18/h6-9,13-14,21H,3-5,10-11H2,1-2H3,(H,22,23)/t13-,14+/m0/s1. The van der Waals surface area contributed by atoms with Crippen molar-refractivity contribution in [3.05, 3.63) is 34.9 Å². The van der Waals surface area contributed by atoms with E-state index >= 15 is 0 Å². The number of hydrogen-bond donors (Lipinski definition) is 2. The van der Waals surface area contributed by atoms with Gasteiger partial charge in [-0.15, -0.1) is 0 Å². The molecule has 5 heteroatoms. The summed E-state index contributed by atoms with van der Waals surface area (Å²) in [5.41, 5.74) is 0.385. The Hall–Kier alpha value is -1.57. The van der Waals surface area contributed by atoms with Crippen LogP contribution in [0.25, 0.3) is 0 Å². The molecule has 23 heavy (non-hydrogen) atoms. The maximum Gasteiger partial charge on any atom is 0.238 e. The molecule has 2 N–H and O–H groups in total. The van der Waals surface area contributed by atoms with E-state index in [1.54, 1.807) is 0 Å². The minimum absolute atomic E-state index is 0.0254. The quantitative estimate of drug-likeness (QED) is 0.863. The first kappa shape index (κ1) is 17.8. The molecule has 1 aliphatic rings.